The molecule has 0 saturated carbocycles. The predicted octanol–water partition coefficient (Wildman–Crippen LogP) is 4.35. The summed E-state index contributed by atoms with van der Waals surface area (Å²) in [5.74, 6) is 0. The maximum absolute atomic E-state index is 12.6. The molecule has 0 aliphatic heterocycles. The fraction of sp³-hybridized carbons (Fsp3) is 0.176. The Morgan fingerprint density at radius 3 is 2.41 bits per heavy atom. The molecule has 0 saturated heterocycles. The highest BCUT2D eigenvalue weighted by Gasteiger charge is 2.21. The lowest BCUT2D eigenvalue weighted by atomic mass is 10.1. The summed E-state index contributed by atoms with van der Waals surface area (Å²) in [6.45, 7) is 5.64. The second kappa shape index (κ2) is 7.22. The molecule has 3 nitrogen and oxygen atoms in total. The van der Waals surface area contributed by atoms with Gasteiger partial charge in [0.25, 0.3) is 0 Å². The van der Waals surface area contributed by atoms with Crippen molar-refractivity contribution in [1.82, 2.24) is 4.72 Å². The van der Waals surface area contributed by atoms with Gasteiger partial charge in [0.15, 0.2) is 0 Å². The zero-order valence-electron chi connectivity index (χ0n) is 12.3. The van der Waals surface area contributed by atoms with Crippen LogP contribution in [0.4, 0.5) is 0 Å². The monoisotopic (exact) mass is 379 g/mol. The molecule has 0 amide bonds. The number of halogens is 1. The smallest absolute Gasteiger partial charge is 0.207 e. The third-order valence-corrected chi connectivity index (χ3v) is 5.52. The molecule has 2 rings (SSSR count). The third kappa shape index (κ3) is 4.06. The maximum Gasteiger partial charge on any atom is 0.241 e. The molecular weight excluding hydrogens is 362 g/mol. The summed E-state index contributed by atoms with van der Waals surface area (Å²) in [4.78, 5) is 0.263. The van der Waals surface area contributed by atoms with Gasteiger partial charge in [-0.2, -0.15) is 0 Å². The van der Waals surface area contributed by atoms with Gasteiger partial charge < -0.3 is 0 Å². The van der Waals surface area contributed by atoms with Crippen LogP contribution < -0.4 is 4.72 Å². The molecule has 2 aromatic carbocycles. The molecule has 1 unspecified atom stereocenters. The first kappa shape index (κ1) is 16.9. The van der Waals surface area contributed by atoms with Crippen LogP contribution >= 0.6 is 15.9 Å². The molecule has 0 aliphatic carbocycles. The van der Waals surface area contributed by atoms with Gasteiger partial charge in [-0.25, -0.2) is 13.1 Å². The van der Waals surface area contributed by atoms with Crippen molar-refractivity contribution in [2.24, 2.45) is 0 Å². The summed E-state index contributed by atoms with van der Waals surface area (Å²) in [5.41, 5.74) is 1.91. The Bertz CT molecular complexity index is 754. The Labute approximate surface area is 140 Å². The van der Waals surface area contributed by atoms with Gasteiger partial charge in [-0.05, 0) is 37.1 Å². The van der Waals surface area contributed by atoms with Crippen LogP contribution in [0.25, 0.3) is 0 Å². The first-order valence-corrected chi connectivity index (χ1v) is 9.16. The van der Waals surface area contributed by atoms with E-state index in [4.69, 9.17) is 0 Å². The molecule has 22 heavy (non-hydrogen) atoms. The fourth-order valence-corrected chi connectivity index (χ4v) is 3.93. The molecule has 0 heterocycles. The highest BCUT2D eigenvalue weighted by Crippen LogP contribution is 2.27. The molecular formula is C17H18BrNO2S. The number of benzene rings is 2. The van der Waals surface area contributed by atoms with Crippen LogP contribution in [0.5, 0.6) is 0 Å². The van der Waals surface area contributed by atoms with Crippen LogP contribution in [0, 0.1) is 6.92 Å². The van der Waals surface area contributed by atoms with E-state index in [0.717, 1.165) is 15.6 Å². The summed E-state index contributed by atoms with van der Waals surface area (Å²) in [5, 5.41) is 0. The fourth-order valence-electron chi connectivity index (χ4n) is 2.14. The van der Waals surface area contributed by atoms with Crippen molar-refractivity contribution in [2.45, 2.75) is 24.3 Å². The van der Waals surface area contributed by atoms with Gasteiger partial charge in [-0.3, -0.25) is 0 Å². The van der Waals surface area contributed by atoms with Crippen molar-refractivity contribution < 1.29 is 8.42 Å². The summed E-state index contributed by atoms with van der Waals surface area (Å²) < 4.78 is 28.7. The van der Waals surface area contributed by atoms with Crippen molar-refractivity contribution in [2.75, 3.05) is 0 Å². The molecule has 0 spiro atoms. The SMILES string of the molecule is C=CCC(NS(=O)(=O)c1ccc(C)cc1)c1ccccc1Br. The number of hydrogen-bond donors (Lipinski definition) is 1. The van der Waals surface area contributed by atoms with E-state index in [0.29, 0.717) is 6.42 Å². The van der Waals surface area contributed by atoms with E-state index in [-0.39, 0.29) is 10.9 Å². The van der Waals surface area contributed by atoms with Gasteiger partial charge in [-0.1, -0.05) is 57.9 Å². The number of nitrogens with one attached hydrogen (secondary N) is 1. The zero-order chi connectivity index (χ0) is 16.2. The Balaban J connectivity index is 2.33. The Morgan fingerprint density at radius 2 is 1.82 bits per heavy atom. The molecule has 116 valence electrons. The van der Waals surface area contributed by atoms with Gasteiger partial charge >= 0.3 is 0 Å². The minimum absolute atomic E-state index is 0.263. The minimum Gasteiger partial charge on any atom is -0.207 e. The van der Waals surface area contributed by atoms with Crippen LogP contribution in [-0.4, -0.2) is 8.42 Å². The van der Waals surface area contributed by atoms with E-state index >= 15 is 0 Å². The topological polar surface area (TPSA) is 46.2 Å². The predicted molar refractivity (Wildman–Crippen MR) is 93.2 cm³/mol. The highest BCUT2D eigenvalue weighted by atomic mass is 79.9. The van der Waals surface area contributed by atoms with E-state index in [1.165, 1.54) is 0 Å². The van der Waals surface area contributed by atoms with Gasteiger partial charge in [0.2, 0.25) is 10.0 Å². The summed E-state index contributed by atoms with van der Waals surface area (Å²) in [6.07, 6.45) is 2.22. The van der Waals surface area contributed by atoms with Crippen molar-refractivity contribution in [3.63, 3.8) is 0 Å². The Hall–Kier alpha value is -1.43. The second-order valence-corrected chi connectivity index (χ2v) is 7.60. The average Bonchev–Trinajstić information content (AvgIpc) is 2.47. The largest absolute Gasteiger partial charge is 0.241 e. The van der Waals surface area contributed by atoms with Crippen LogP contribution in [0.2, 0.25) is 0 Å². The van der Waals surface area contributed by atoms with E-state index in [1.54, 1.807) is 30.3 Å². The summed E-state index contributed by atoms with van der Waals surface area (Å²) >= 11 is 3.47. The molecule has 1 atom stereocenters. The maximum atomic E-state index is 12.6. The molecule has 0 radical (unpaired) electrons. The van der Waals surface area contributed by atoms with Crippen molar-refractivity contribution >= 4 is 26.0 Å². The second-order valence-electron chi connectivity index (χ2n) is 5.03. The first-order chi connectivity index (χ1) is 10.4. The molecule has 0 fully saturated rings. The first-order valence-electron chi connectivity index (χ1n) is 6.88. The highest BCUT2D eigenvalue weighted by molar-refractivity contribution is 9.10. The zero-order valence-corrected chi connectivity index (χ0v) is 14.7. The lowest BCUT2D eigenvalue weighted by Gasteiger charge is -2.19. The normalized spacial score (nSPS) is 12.8. The van der Waals surface area contributed by atoms with Crippen LogP contribution in [-0.2, 0) is 10.0 Å². The van der Waals surface area contributed by atoms with Crippen LogP contribution in [0.15, 0.2) is 70.6 Å². The van der Waals surface area contributed by atoms with Crippen molar-refractivity contribution in [3.8, 4) is 0 Å². The van der Waals surface area contributed by atoms with E-state index < -0.39 is 10.0 Å². The molecule has 0 aromatic heterocycles. The molecule has 1 N–H and O–H groups in total. The van der Waals surface area contributed by atoms with E-state index in [1.807, 2.05) is 31.2 Å². The molecule has 5 heteroatoms. The standard InChI is InChI=1S/C17H18BrNO2S/c1-3-6-17(15-7-4-5-8-16(15)18)19-22(20,21)14-11-9-13(2)10-12-14/h3-5,7-12,17,19H,1,6H2,2H3. The van der Waals surface area contributed by atoms with Crippen molar-refractivity contribution in [3.05, 3.63) is 76.8 Å². The summed E-state index contributed by atoms with van der Waals surface area (Å²) in [6, 6.07) is 14.0. The van der Waals surface area contributed by atoms with Gasteiger partial charge in [0.1, 0.15) is 0 Å². The van der Waals surface area contributed by atoms with Gasteiger partial charge in [0.05, 0.1) is 10.9 Å². The lowest BCUT2D eigenvalue weighted by molar-refractivity contribution is 0.557. The van der Waals surface area contributed by atoms with E-state index in [9.17, 15) is 8.42 Å². The quantitative estimate of drug-likeness (QED) is 0.758. The van der Waals surface area contributed by atoms with Crippen LogP contribution in [0.3, 0.4) is 0 Å². The molecule has 2 aromatic rings. The van der Waals surface area contributed by atoms with Crippen molar-refractivity contribution in [1.29, 1.82) is 0 Å². The molecule has 0 bridgehead atoms. The Kier molecular flexibility index (Phi) is 5.56. The number of rotatable bonds is 6. The van der Waals surface area contributed by atoms with E-state index in [2.05, 4.69) is 27.2 Å². The lowest BCUT2D eigenvalue weighted by Crippen LogP contribution is -2.28. The van der Waals surface area contributed by atoms with Gasteiger partial charge in [0, 0.05) is 4.47 Å². The number of hydrogen-bond acceptors (Lipinski definition) is 2. The number of aryl methyl sites for hydroxylation is 1. The third-order valence-electron chi connectivity index (χ3n) is 3.31. The minimum atomic E-state index is -3.58. The number of sulfonamides is 1. The average molecular weight is 380 g/mol. The summed E-state index contributed by atoms with van der Waals surface area (Å²) in [7, 11) is -3.58. The Morgan fingerprint density at radius 1 is 1.18 bits per heavy atom. The van der Waals surface area contributed by atoms with Gasteiger partial charge in [-0.15, -0.1) is 6.58 Å². The van der Waals surface area contributed by atoms with Crippen LogP contribution in [0.1, 0.15) is 23.6 Å². The molecule has 0 aliphatic rings.